The quantitative estimate of drug-likeness (QED) is 0.0790. The van der Waals surface area contributed by atoms with E-state index in [-0.39, 0.29) is 17.1 Å². The van der Waals surface area contributed by atoms with Crippen molar-refractivity contribution < 1.29 is 9.47 Å². The summed E-state index contributed by atoms with van der Waals surface area (Å²) in [5.41, 5.74) is 2.48. The Labute approximate surface area is 306 Å². The number of aliphatic imine (C=N–C) groups is 2. The Balaban J connectivity index is 1.31. The molecule has 242 valence electrons. The fraction of sp³-hybridized carbons (Fsp3) is 0.257. The highest BCUT2D eigenvalue weighted by Gasteiger charge is 2.42. The molecule has 7 rings (SSSR count). The minimum atomic E-state index is -0.197. The summed E-state index contributed by atoms with van der Waals surface area (Å²) >= 11 is 10.1. The summed E-state index contributed by atoms with van der Waals surface area (Å²) in [7, 11) is 0. The number of amidine groups is 2. The molecule has 6 heterocycles. The molecule has 0 fully saturated rings. The smallest absolute Gasteiger partial charge is 0.350 e. The average Bonchev–Trinajstić information content (AvgIpc) is 3.94. The van der Waals surface area contributed by atoms with E-state index in [9.17, 15) is 10.5 Å². The Morgan fingerprint density at radius 2 is 1.29 bits per heavy atom. The van der Waals surface area contributed by atoms with Crippen molar-refractivity contribution in [2.24, 2.45) is 9.98 Å². The monoisotopic (exact) mass is 752 g/mol. The molecule has 0 aliphatic heterocycles. The van der Waals surface area contributed by atoms with Gasteiger partial charge in [-0.2, -0.15) is 0 Å². The van der Waals surface area contributed by atoms with Crippen molar-refractivity contribution in [3.63, 3.8) is 0 Å². The number of fused-ring (bicyclic) bond motifs is 7. The lowest BCUT2D eigenvalue weighted by atomic mass is 9.84. The number of hydrogen-bond acceptors (Lipinski definition) is 12. The lowest BCUT2D eigenvalue weighted by Crippen LogP contribution is -2.13. The average molecular weight is 753 g/mol. The molecule has 49 heavy (non-hydrogen) atoms. The first-order valence-corrected chi connectivity index (χ1v) is 20.0. The molecule has 0 aromatic carbocycles. The summed E-state index contributed by atoms with van der Waals surface area (Å²) in [6, 6.07) is 11.9. The van der Waals surface area contributed by atoms with Crippen molar-refractivity contribution in [2.45, 2.75) is 46.0 Å². The normalized spacial score (nSPS) is 13.6. The molecule has 0 amide bonds. The molecule has 1 aliphatic carbocycles. The third-order valence-electron chi connectivity index (χ3n) is 7.80. The third kappa shape index (κ3) is 5.65. The van der Waals surface area contributed by atoms with Gasteiger partial charge >= 0.3 is 11.7 Å². The van der Waals surface area contributed by atoms with Gasteiger partial charge in [-0.15, -0.1) is 45.3 Å². The van der Waals surface area contributed by atoms with E-state index >= 15 is 0 Å². The predicted octanol–water partition coefficient (Wildman–Crippen LogP) is 12.5. The van der Waals surface area contributed by atoms with Gasteiger partial charge in [0, 0.05) is 32.0 Å². The highest BCUT2D eigenvalue weighted by atomic mass is 32.1. The summed E-state index contributed by atoms with van der Waals surface area (Å²) in [4.78, 5) is 21.7. The first kappa shape index (κ1) is 33.1. The summed E-state index contributed by atoms with van der Waals surface area (Å²) in [5.74, 6) is 1.07. The van der Waals surface area contributed by atoms with Gasteiger partial charge < -0.3 is 19.2 Å². The van der Waals surface area contributed by atoms with Crippen LogP contribution in [0.3, 0.4) is 0 Å². The van der Waals surface area contributed by atoms with Crippen LogP contribution in [0, 0.1) is 35.8 Å². The first-order valence-electron chi connectivity index (χ1n) is 15.1. The maximum absolute atomic E-state index is 9.26. The van der Waals surface area contributed by atoms with Crippen molar-refractivity contribution in [3.8, 4) is 52.9 Å². The number of thiophene rings is 6. The number of nitriles is 2. The number of ether oxygens (including phenoxy) is 2. The minimum absolute atomic E-state index is 0.193. The van der Waals surface area contributed by atoms with Crippen molar-refractivity contribution in [2.75, 3.05) is 13.2 Å². The van der Waals surface area contributed by atoms with Crippen LogP contribution in [-0.4, -0.2) is 24.9 Å². The molecular weight excluding hydrogens is 729 g/mol. The molecule has 0 spiro atoms. The maximum Gasteiger partial charge on any atom is 0.350 e. The van der Waals surface area contributed by atoms with Crippen molar-refractivity contribution in [3.05, 3.63) is 58.2 Å². The molecule has 6 aromatic heterocycles. The molecule has 0 unspecified atom stereocenters. The van der Waals surface area contributed by atoms with Gasteiger partial charge in [-0.1, -0.05) is 73.5 Å². The largest absolute Gasteiger partial charge is 0.492 e. The summed E-state index contributed by atoms with van der Waals surface area (Å²) in [6.07, 6.45) is 1.72. The second-order valence-electron chi connectivity index (χ2n) is 11.4. The van der Waals surface area contributed by atoms with Crippen LogP contribution in [-0.2, 0) is 5.41 Å². The molecule has 0 radical (unpaired) electrons. The lowest BCUT2D eigenvalue weighted by Gasteiger charge is -2.19. The van der Waals surface area contributed by atoms with Crippen LogP contribution >= 0.6 is 68.0 Å². The summed E-state index contributed by atoms with van der Waals surface area (Å²) in [5, 5.41) is 19.7. The maximum atomic E-state index is 9.26. The van der Waals surface area contributed by atoms with Gasteiger partial charge in [-0.05, 0) is 36.1 Å². The van der Waals surface area contributed by atoms with E-state index in [2.05, 4.69) is 59.5 Å². The Kier molecular flexibility index (Phi) is 8.89. The van der Waals surface area contributed by atoms with Crippen molar-refractivity contribution >= 4 is 108 Å². The lowest BCUT2D eigenvalue weighted by molar-refractivity contribution is 0.320. The second kappa shape index (κ2) is 13.2. The fourth-order valence-electron chi connectivity index (χ4n) is 5.67. The Morgan fingerprint density at radius 3 is 1.82 bits per heavy atom. The van der Waals surface area contributed by atoms with Gasteiger partial charge in [0.25, 0.3) is 0 Å². The van der Waals surface area contributed by atoms with Gasteiger partial charge in [0.2, 0.25) is 10.0 Å². The van der Waals surface area contributed by atoms with E-state index in [0.29, 0.717) is 23.2 Å². The zero-order valence-electron chi connectivity index (χ0n) is 26.6. The summed E-state index contributed by atoms with van der Waals surface area (Å²) < 4.78 is 17.3. The molecule has 14 heteroatoms. The van der Waals surface area contributed by atoms with Gasteiger partial charge in [-0.3, -0.25) is 0 Å². The SMILES string of the molecule is [C-]#[N+]C(C#N)=Nc1cc(OCCC)c(-c2cc3c(s2)-c2sc4c(sc5cc(-c6sc(N=C(C#N)[N+]#[C-])cc6OCCC)sc54)c2C3(C)C)s1. The second-order valence-corrected chi connectivity index (χ2v) is 17.7. The molecule has 0 atom stereocenters. The van der Waals surface area contributed by atoms with Gasteiger partial charge in [0.15, 0.2) is 0 Å². The van der Waals surface area contributed by atoms with E-state index in [0.717, 1.165) is 43.8 Å². The molecule has 0 saturated heterocycles. The Hall–Kier alpha value is -4.38. The highest BCUT2D eigenvalue weighted by Crippen LogP contribution is 2.63. The van der Waals surface area contributed by atoms with Crippen LogP contribution in [0.1, 0.15) is 51.7 Å². The predicted molar refractivity (Wildman–Crippen MR) is 207 cm³/mol. The standard InChI is InChI=1S/C35H24N6O2S6/c1-7-9-42-18-12-25(40-23(15-36)38-5)47-29(18)20-11-17-28(44-20)32-27(35(17,3)4)33-34(49-32)31-22(46-33)14-21(45-31)30-19(43-10-8-2)13-26(48-30)41-24(16-37)39-6/h11-14H,7-10H2,1-4H3. The Bertz CT molecular complexity index is 2490. The van der Waals surface area contributed by atoms with E-state index in [1.165, 1.54) is 62.4 Å². The van der Waals surface area contributed by atoms with Crippen molar-refractivity contribution in [1.29, 1.82) is 10.5 Å². The number of rotatable bonds is 10. The zero-order valence-corrected chi connectivity index (χ0v) is 31.5. The van der Waals surface area contributed by atoms with Gasteiger partial charge in [-0.25, -0.2) is 10.5 Å². The van der Waals surface area contributed by atoms with E-state index in [1.807, 2.05) is 46.9 Å². The van der Waals surface area contributed by atoms with Crippen LogP contribution in [0.4, 0.5) is 10.0 Å². The van der Waals surface area contributed by atoms with E-state index in [4.69, 9.17) is 22.6 Å². The molecule has 0 N–H and O–H groups in total. The first-order chi connectivity index (χ1) is 23.7. The van der Waals surface area contributed by atoms with E-state index in [1.54, 1.807) is 22.7 Å². The van der Waals surface area contributed by atoms with Gasteiger partial charge in [0.05, 0.1) is 46.8 Å². The number of hydrogen-bond donors (Lipinski definition) is 0. The van der Waals surface area contributed by atoms with Gasteiger partial charge in [0.1, 0.15) is 23.6 Å². The highest BCUT2D eigenvalue weighted by molar-refractivity contribution is 7.41. The minimum Gasteiger partial charge on any atom is -0.492 e. The number of nitrogens with zero attached hydrogens (tertiary/aromatic N) is 6. The topological polar surface area (TPSA) is 99.5 Å². The zero-order chi connectivity index (χ0) is 34.4. The van der Waals surface area contributed by atoms with Crippen LogP contribution in [0.25, 0.3) is 57.8 Å². The van der Waals surface area contributed by atoms with Crippen LogP contribution < -0.4 is 9.47 Å². The van der Waals surface area contributed by atoms with Crippen LogP contribution in [0.15, 0.2) is 34.3 Å². The fourth-order valence-corrected chi connectivity index (χ4v) is 13.9. The summed E-state index contributed by atoms with van der Waals surface area (Å²) in [6.45, 7) is 24.3. The van der Waals surface area contributed by atoms with E-state index < -0.39 is 0 Å². The molecule has 0 bridgehead atoms. The molecule has 1 aliphatic rings. The molecule has 8 nitrogen and oxygen atoms in total. The molecule has 0 saturated carbocycles. The van der Waals surface area contributed by atoms with Crippen LogP contribution in [0.5, 0.6) is 11.5 Å². The molecule has 6 aromatic rings. The van der Waals surface area contributed by atoms with Crippen molar-refractivity contribution in [1.82, 2.24) is 0 Å². The Morgan fingerprint density at radius 1 is 0.714 bits per heavy atom. The van der Waals surface area contributed by atoms with Crippen LogP contribution in [0.2, 0.25) is 0 Å². The molecular formula is C35H24N6O2S6. The third-order valence-corrected chi connectivity index (χ3v) is 15.4.